The average Bonchev–Trinajstić information content (AvgIpc) is 2.96. The van der Waals surface area contributed by atoms with Gasteiger partial charge in [-0.3, -0.25) is 9.69 Å². The molecule has 3 aliphatic carbocycles. The Morgan fingerprint density at radius 1 is 1.05 bits per heavy atom. The Balaban J connectivity index is 1.47. The lowest BCUT2D eigenvalue weighted by atomic mass is 9.67. The van der Waals surface area contributed by atoms with E-state index >= 15 is 0 Å². The van der Waals surface area contributed by atoms with Crippen molar-refractivity contribution in [1.82, 2.24) is 4.90 Å². The van der Waals surface area contributed by atoms with Gasteiger partial charge in [0, 0.05) is 19.1 Å². The standard InChI is InChI=1S/C16H25NO2/c18-15(19)13-11-4-5-12(8-11)14(13)17-9-16(10-17)6-2-1-3-7-16/h11-14H,1-10H2,(H,18,19). The molecule has 0 radical (unpaired) electrons. The van der Waals surface area contributed by atoms with Crippen LogP contribution in [0.25, 0.3) is 0 Å². The van der Waals surface area contributed by atoms with Crippen molar-refractivity contribution in [3.05, 3.63) is 0 Å². The van der Waals surface area contributed by atoms with Crippen molar-refractivity contribution >= 4 is 5.97 Å². The molecule has 0 aromatic heterocycles. The lowest BCUT2D eigenvalue weighted by Gasteiger charge is -2.57. The Morgan fingerprint density at radius 2 is 1.74 bits per heavy atom. The van der Waals surface area contributed by atoms with Crippen LogP contribution < -0.4 is 0 Å². The average molecular weight is 263 g/mol. The van der Waals surface area contributed by atoms with Gasteiger partial charge in [0.2, 0.25) is 0 Å². The maximum atomic E-state index is 11.6. The number of carboxylic acid groups (broad SMARTS) is 1. The molecule has 106 valence electrons. The maximum Gasteiger partial charge on any atom is 0.308 e. The molecule has 4 fully saturated rings. The van der Waals surface area contributed by atoms with Gasteiger partial charge in [0.15, 0.2) is 0 Å². The molecule has 3 heteroatoms. The molecule has 19 heavy (non-hydrogen) atoms. The maximum absolute atomic E-state index is 11.6. The summed E-state index contributed by atoms with van der Waals surface area (Å²) in [6, 6.07) is 0.379. The van der Waals surface area contributed by atoms with E-state index < -0.39 is 5.97 Å². The summed E-state index contributed by atoms with van der Waals surface area (Å²) in [6.45, 7) is 2.40. The predicted octanol–water partition coefficient (Wildman–Crippen LogP) is 2.75. The van der Waals surface area contributed by atoms with E-state index in [-0.39, 0.29) is 5.92 Å². The van der Waals surface area contributed by atoms with E-state index in [1.165, 1.54) is 58.0 Å². The highest BCUT2D eigenvalue weighted by Gasteiger charge is 2.57. The molecule has 1 saturated heterocycles. The van der Waals surface area contributed by atoms with E-state index in [9.17, 15) is 9.90 Å². The number of nitrogens with zero attached hydrogens (tertiary/aromatic N) is 1. The fraction of sp³-hybridized carbons (Fsp3) is 0.938. The summed E-state index contributed by atoms with van der Waals surface area (Å²) in [7, 11) is 0. The fourth-order valence-corrected chi connectivity index (χ4v) is 5.78. The molecule has 0 amide bonds. The third kappa shape index (κ3) is 1.77. The molecule has 3 saturated carbocycles. The first-order valence-electron chi connectivity index (χ1n) is 8.15. The van der Waals surface area contributed by atoms with Crippen molar-refractivity contribution < 1.29 is 9.90 Å². The van der Waals surface area contributed by atoms with E-state index in [2.05, 4.69) is 4.90 Å². The van der Waals surface area contributed by atoms with Crippen molar-refractivity contribution in [2.75, 3.05) is 13.1 Å². The lowest BCUT2D eigenvalue weighted by molar-refractivity contribution is -0.151. The van der Waals surface area contributed by atoms with Crippen LogP contribution >= 0.6 is 0 Å². The summed E-state index contributed by atoms with van der Waals surface area (Å²) in [5.74, 6) is 0.587. The molecule has 1 aliphatic heterocycles. The Hall–Kier alpha value is -0.570. The second kappa shape index (κ2) is 4.21. The zero-order valence-corrected chi connectivity index (χ0v) is 11.7. The van der Waals surface area contributed by atoms with Gasteiger partial charge in [-0.25, -0.2) is 0 Å². The van der Waals surface area contributed by atoms with Crippen molar-refractivity contribution in [1.29, 1.82) is 0 Å². The first kappa shape index (κ1) is 12.2. The molecular formula is C16H25NO2. The normalized spacial score (nSPS) is 44.4. The molecule has 1 spiro atoms. The number of hydrogen-bond donors (Lipinski definition) is 1. The number of carboxylic acids is 1. The Labute approximate surface area is 115 Å². The fourth-order valence-electron chi connectivity index (χ4n) is 5.78. The minimum absolute atomic E-state index is 0.0558. The van der Waals surface area contributed by atoms with Gasteiger partial charge < -0.3 is 5.11 Å². The molecule has 4 rings (SSSR count). The van der Waals surface area contributed by atoms with E-state index in [4.69, 9.17) is 0 Å². The Morgan fingerprint density at radius 3 is 2.42 bits per heavy atom. The first-order valence-corrected chi connectivity index (χ1v) is 8.15. The smallest absolute Gasteiger partial charge is 0.308 e. The quantitative estimate of drug-likeness (QED) is 0.833. The van der Waals surface area contributed by atoms with Gasteiger partial charge in [0.25, 0.3) is 0 Å². The molecule has 0 aromatic rings. The van der Waals surface area contributed by atoms with Gasteiger partial charge in [-0.15, -0.1) is 0 Å². The summed E-state index contributed by atoms with van der Waals surface area (Å²) in [4.78, 5) is 14.1. The summed E-state index contributed by atoms with van der Waals surface area (Å²) >= 11 is 0. The number of hydrogen-bond acceptors (Lipinski definition) is 2. The monoisotopic (exact) mass is 263 g/mol. The van der Waals surface area contributed by atoms with Crippen LogP contribution in [-0.2, 0) is 4.79 Å². The molecule has 4 atom stereocenters. The van der Waals surface area contributed by atoms with E-state index in [0.29, 0.717) is 23.3 Å². The van der Waals surface area contributed by atoms with Crippen LogP contribution in [0.3, 0.4) is 0 Å². The number of aliphatic carboxylic acids is 1. The SMILES string of the molecule is O=C(O)C1C2CCC(C2)C1N1CC2(CCCCC2)C1. The summed E-state index contributed by atoms with van der Waals surface area (Å²) in [5, 5.41) is 9.55. The van der Waals surface area contributed by atoms with Crippen LogP contribution in [-0.4, -0.2) is 35.1 Å². The molecule has 2 bridgehead atoms. The molecule has 0 aromatic carbocycles. The van der Waals surface area contributed by atoms with Crippen LogP contribution in [0.1, 0.15) is 51.4 Å². The van der Waals surface area contributed by atoms with Gasteiger partial charge in [0.05, 0.1) is 5.92 Å². The molecule has 4 aliphatic rings. The highest BCUT2D eigenvalue weighted by atomic mass is 16.4. The Kier molecular flexibility index (Phi) is 2.70. The Bertz CT molecular complexity index is 380. The molecule has 4 unspecified atom stereocenters. The molecule has 3 nitrogen and oxygen atoms in total. The van der Waals surface area contributed by atoms with Crippen LogP contribution in [0.4, 0.5) is 0 Å². The molecule has 1 N–H and O–H groups in total. The van der Waals surface area contributed by atoms with Crippen LogP contribution in [0.15, 0.2) is 0 Å². The van der Waals surface area contributed by atoms with Crippen molar-refractivity contribution in [3.63, 3.8) is 0 Å². The topological polar surface area (TPSA) is 40.5 Å². The van der Waals surface area contributed by atoms with Crippen molar-refractivity contribution in [3.8, 4) is 0 Å². The summed E-state index contributed by atoms with van der Waals surface area (Å²) < 4.78 is 0. The van der Waals surface area contributed by atoms with Crippen molar-refractivity contribution in [2.45, 2.75) is 57.4 Å². The van der Waals surface area contributed by atoms with E-state index in [1.807, 2.05) is 0 Å². The first-order chi connectivity index (χ1) is 9.19. The minimum atomic E-state index is -0.526. The van der Waals surface area contributed by atoms with E-state index in [1.54, 1.807) is 0 Å². The van der Waals surface area contributed by atoms with Crippen LogP contribution in [0, 0.1) is 23.2 Å². The molecule has 1 heterocycles. The van der Waals surface area contributed by atoms with Gasteiger partial charge in [0.1, 0.15) is 0 Å². The number of likely N-dealkylation sites (tertiary alicyclic amines) is 1. The highest BCUT2D eigenvalue weighted by Crippen LogP contribution is 2.54. The third-order valence-electron chi connectivity index (χ3n) is 6.57. The number of carbonyl (C=O) groups is 1. The largest absolute Gasteiger partial charge is 0.481 e. The lowest BCUT2D eigenvalue weighted by Crippen LogP contribution is -2.63. The van der Waals surface area contributed by atoms with Gasteiger partial charge in [-0.05, 0) is 49.4 Å². The molecular weight excluding hydrogens is 238 g/mol. The third-order valence-corrected chi connectivity index (χ3v) is 6.57. The zero-order valence-electron chi connectivity index (χ0n) is 11.7. The van der Waals surface area contributed by atoms with Gasteiger partial charge >= 0.3 is 5.97 Å². The minimum Gasteiger partial charge on any atom is -0.481 e. The zero-order chi connectivity index (χ0) is 13.0. The highest BCUT2D eigenvalue weighted by molar-refractivity contribution is 5.72. The second-order valence-corrected chi connectivity index (χ2v) is 7.65. The van der Waals surface area contributed by atoms with E-state index in [0.717, 1.165) is 6.42 Å². The van der Waals surface area contributed by atoms with Gasteiger partial charge in [-0.2, -0.15) is 0 Å². The van der Waals surface area contributed by atoms with Crippen LogP contribution in [0.5, 0.6) is 0 Å². The summed E-state index contributed by atoms with van der Waals surface area (Å²) in [5.41, 5.74) is 0.586. The number of rotatable bonds is 2. The summed E-state index contributed by atoms with van der Waals surface area (Å²) in [6.07, 6.45) is 10.6. The van der Waals surface area contributed by atoms with Gasteiger partial charge in [-0.1, -0.05) is 19.3 Å². The van der Waals surface area contributed by atoms with Crippen LogP contribution in [0.2, 0.25) is 0 Å². The number of fused-ring (bicyclic) bond motifs is 2. The predicted molar refractivity (Wildman–Crippen MR) is 72.8 cm³/mol. The van der Waals surface area contributed by atoms with Crippen molar-refractivity contribution in [2.24, 2.45) is 23.2 Å². The second-order valence-electron chi connectivity index (χ2n) is 7.65.